The van der Waals surface area contributed by atoms with Crippen molar-refractivity contribution in [1.82, 2.24) is 4.90 Å². The van der Waals surface area contributed by atoms with Crippen LogP contribution in [0.2, 0.25) is 0 Å². The molecule has 4 rings (SSSR count). The summed E-state index contributed by atoms with van der Waals surface area (Å²) in [5.41, 5.74) is 0.946. The molecule has 0 aromatic heterocycles. The first-order valence-electron chi connectivity index (χ1n) is 10.9. The van der Waals surface area contributed by atoms with E-state index in [1.165, 1.54) is 56.5 Å². The number of amides is 2. The molecule has 3 aromatic rings. The Hall–Kier alpha value is -4.79. The lowest BCUT2D eigenvalue weighted by molar-refractivity contribution is -0.146. The van der Waals surface area contributed by atoms with Gasteiger partial charge in [-0.2, -0.15) is 0 Å². The summed E-state index contributed by atoms with van der Waals surface area (Å²) in [7, 11) is 1.49. The van der Waals surface area contributed by atoms with Crippen LogP contribution in [0.25, 0.3) is 0 Å². The maximum Gasteiger partial charge on any atom is 0.343 e. The lowest BCUT2D eigenvalue weighted by Crippen LogP contribution is -2.44. The third kappa shape index (κ3) is 4.85. The van der Waals surface area contributed by atoms with Crippen LogP contribution in [0, 0.1) is 0 Å². The Kier molecular flexibility index (Phi) is 6.91. The van der Waals surface area contributed by atoms with Gasteiger partial charge in [-0.05, 0) is 61.5 Å². The van der Waals surface area contributed by atoms with Crippen molar-refractivity contribution in [3.05, 3.63) is 95.1 Å². The number of fused-ring (bicyclic) bond motifs is 1. The number of imide groups is 1. The first kappa shape index (κ1) is 24.3. The zero-order valence-electron chi connectivity index (χ0n) is 19.4. The molecule has 0 saturated carbocycles. The van der Waals surface area contributed by atoms with Crippen LogP contribution in [-0.4, -0.2) is 54.2 Å². The van der Waals surface area contributed by atoms with Crippen LogP contribution in [0.15, 0.2) is 72.8 Å². The molecule has 1 unspecified atom stereocenters. The summed E-state index contributed by atoms with van der Waals surface area (Å²) in [5.74, 6) is -2.45. The third-order valence-electron chi connectivity index (χ3n) is 5.59. The zero-order chi connectivity index (χ0) is 25.8. The standard InChI is InChI=1S/C27H21NO8/c1-16(28-24(30)21-8-3-4-9-22(21)25(28)31)26(32)35-15-23(29)17-10-12-19(13-11-17)36-27(33)18-6-5-7-20(14-18)34-2/h3-14,16H,15H2,1-2H3. The quantitative estimate of drug-likeness (QED) is 0.206. The molecular weight excluding hydrogens is 466 g/mol. The highest BCUT2D eigenvalue weighted by atomic mass is 16.5. The number of Topliss-reactive ketones (excluding diaryl/α,β-unsaturated/α-hetero) is 1. The van der Waals surface area contributed by atoms with Gasteiger partial charge in [0, 0.05) is 5.56 Å². The Morgan fingerprint density at radius 1 is 0.806 bits per heavy atom. The van der Waals surface area contributed by atoms with Gasteiger partial charge in [-0.15, -0.1) is 0 Å². The molecule has 0 saturated heterocycles. The van der Waals surface area contributed by atoms with Gasteiger partial charge >= 0.3 is 11.9 Å². The van der Waals surface area contributed by atoms with E-state index in [1.807, 2.05) is 0 Å². The second kappa shape index (κ2) is 10.2. The average Bonchev–Trinajstić information content (AvgIpc) is 3.16. The van der Waals surface area contributed by atoms with Crippen molar-refractivity contribution < 1.29 is 38.2 Å². The first-order chi connectivity index (χ1) is 17.3. The summed E-state index contributed by atoms with van der Waals surface area (Å²) in [5, 5.41) is 0. The van der Waals surface area contributed by atoms with E-state index in [4.69, 9.17) is 14.2 Å². The number of hydrogen-bond donors (Lipinski definition) is 0. The molecule has 1 aliphatic heterocycles. The van der Waals surface area contributed by atoms with Gasteiger partial charge in [-0.3, -0.25) is 19.3 Å². The molecule has 0 spiro atoms. The Morgan fingerprint density at radius 3 is 2.06 bits per heavy atom. The molecule has 2 amide bonds. The van der Waals surface area contributed by atoms with Crippen LogP contribution in [0.1, 0.15) is 48.4 Å². The fourth-order valence-electron chi connectivity index (χ4n) is 3.63. The van der Waals surface area contributed by atoms with Crippen molar-refractivity contribution in [2.45, 2.75) is 13.0 Å². The second-order valence-corrected chi connectivity index (χ2v) is 7.88. The number of methoxy groups -OCH3 is 1. The summed E-state index contributed by atoms with van der Waals surface area (Å²) >= 11 is 0. The van der Waals surface area contributed by atoms with Crippen molar-refractivity contribution in [2.24, 2.45) is 0 Å². The number of ketones is 1. The maximum absolute atomic E-state index is 12.5. The minimum absolute atomic E-state index is 0.213. The second-order valence-electron chi connectivity index (χ2n) is 7.88. The Morgan fingerprint density at radius 2 is 1.44 bits per heavy atom. The van der Waals surface area contributed by atoms with Gasteiger partial charge in [-0.1, -0.05) is 18.2 Å². The Balaban J connectivity index is 1.32. The first-order valence-corrected chi connectivity index (χ1v) is 10.9. The number of esters is 2. The van der Waals surface area contributed by atoms with Gasteiger partial charge in [-0.25, -0.2) is 9.59 Å². The van der Waals surface area contributed by atoms with Crippen LogP contribution >= 0.6 is 0 Å². The summed E-state index contributed by atoms with van der Waals surface area (Å²) in [4.78, 5) is 63.2. The molecule has 0 aliphatic carbocycles. The van der Waals surface area contributed by atoms with E-state index in [0.717, 1.165) is 4.90 Å². The largest absolute Gasteiger partial charge is 0.497 e. The van der Waals surface area contributed by atoms with E-state index in [2.05, 4.69) is 0 Å². The monoisotopic (exact) mass is 487 g/mol. The number of carbonyl (C=O) groups is 5. The van der Waals surface area contributed by atoms with Crippen molar-refractivity contribution in [1.29, 1.82) is 0 Å². The predicted octanol–water partition coefficient (Wildman–Crippen LogP) is 3.33. The number of rotatable bonds is 8. The molecule has 182 valence electrons. The highest BCUT2D eigenvalue weighted by Crippen LogP contribution is 2.25. The lowest BCUT2D eigenvalue weighted by Gasteiger charge is -2.20. The molecule has 0 radical (unpaired) electrons. The molecule has 0 bridgehead atoms. The third-order valence-corrected chi connectivity index (χ3v) is 5.59. The number of hydrogen-bond acceptors (Lipinski definition) is 8. The number of benzene rings is 3. The van der Waals surface area contributed by atoms with Gasteiger partial charge < -0.3 is 14.2 Å². The van der Waals surface area contributed by atoms with Crippen molar-refractivity contribution in [3.63, 3.8) is 0 Å². The van der Waals surface area contributed by atoms with Gasteiger partial charge in [0.25, 0.3) is 11.8 Å². The summed E-state index contributed by atoms with van der Waals surface area (Å²) in [6, 6.07) is 17.3. The van der Waals surface area contributed by atoms with Crippen LogP contribution in [-0.2, 0) is 9.53 Å². The van der Waals surface area contributed by atoms with E-state index in [0.29, 0.717) is 11.3 Å². The molecule has 9 nitrogen and oxygen atoms in total. The topological polar surface area (TPSA) is 116 Å². The molecule has 36 heavy (non-hydrogen) atoms. The maximum atomic E-state index is 12.5. The highest BCUT2D eigenvalue weighted by Gasteiger charge is 2.41. The molecule has 1 heterocycles. The smallest absolute Gasteiger partial charge is 0.343 e. The van der Waals surface area contributed by atoms with E-state index in [1.54, 1.807) is 30.3 Å². The molecule has 3 aromatic carbocycles. The van der Waals surface area contributed by atoms with Crippen molar-refractivity contribution >= 4 is 29.5 Å². The average molecular weight is 487 g/mol. The fraction of sp³-hybridized carbons (Fsp3) is 0.148. The molecule has 9 heteroatoms. The minimum atomic E-state index is -1.21. The van der Waals surface area contributed by atoms with Crippen LogP contribution < -0.4 is 9.47 Å². The van der Waals surface area contributed by atoms with E-state index >= 15 is 0 Å². The zero-order valence-corrected chi connectivity index (χ0v) is 19.4. The Labute approximate surface area is 206 Å². The fourth-order valence-corrected chi connectivity index (χ4v) is 3.63. The highest BCUT2D eigenvalue weighted by molar-refractivity contribution is 6.22. The van der Waals surface area contributed by atoms with Crippen LogP contribution in [0.3, 0.4) is 0 Å². The van der Waals surface area contributed by atoms with Gasteiger partial charge in [0.05, 0.1) is 23.8 Å². The summed E-state index contributed by atoms with van der Waals surface area (Å²) in [6.07, 6.45) is 0. The summed E-state index contributed by atoms with van der Waals surface area (Å²) in [6.45, 7) is 0.773. The minimum Gasteiger partial charge on any atom is -0.497 e. The molecule has 1 aliphatic rings. The van der Waals surface area contributed by atoms with E-state index in [-0.39, 0.29) is 22.4 Å². The van der Waals surface area contributed by atoms with E-state index < -0.39 is 42.2 Å². The lowest BCUT2D eigenvalue weighted by atomic mass is 10.1. The van der Waals surface area contributed by atoms with E-state index in [9.17, 15) is 24.0 Å². The molecule has 1 atom stereocenters. The van der Waals surface area contributed by atoms with Crippen molar-refractivity contribution in [3.8, 4) is 11.5 Å². The van der Waals surface area contributed by atoms with Gasteiger partial charge in [0.15, 0.2) is 12.4 Å². The normalized spacial score (nSPS) is 13.1. The summed E-state index contributed by atoms with van der Waals surface area (Å²) < 4.78 is 15.5. The SMILES string of the molecule is COc1cccc(C(=O)Oc2ccc(C(=O)COC(=O)C(C)N3C(=O)c4ccccc4C3=O)cc2)c1. The molecule has 0 N–H and O–H groups in total. The number of nitrogens with zero attached hydrogens (tertiary/aromatic N) is 1. The van der Waals surface area contributed by atoms with Crippen LogP contribution in [0.5, 0.6) is 11.5 Å². The van der Waals surface area contributed by atoms with Gasteiger partial charge in [0.2, 0.25) is 0 Å². The van der Waals surface area contributed by atoms with Crippen LogP contribution in [0.4, 0.5) is 0 Å². The predicted molar refractivity (Wildman–Crippen MR) is 126 cm³/mol. The van der Waals surface area contributed by atoms with Crippen molar-refractivity contribution in [2.75, 3.05) is 13.7 Å². The number of ether oxygens (including phenoxy) is 3. The number of carbonyl (C=O) groups excluding carboxylic acids is 5. The van der Waals surface area contributed by atoms with Gasteiger partial charge in [0.1, 0.15) is 17.5 Å². The molecule has 0 fully saturated rings. The Bertz CT molecular complexity index is 1330. The molecular formula is C27H21NO8.